The number of rotatable bonds is 8. The predicted molar refractivity (Wildman–Crippen MR) is 121 cm³/mol. The smallest absolute Gasteiger partial charge is 0.290 e. The van der Waals surface area contributed by atoms with Gasteiger partial charge in [0.1, 0.15) is 5.58 Å². The molecule has 0 radical (unpaired) electrons. The molecule has 168 valence electrons. The van der Waals surface area contributed by atoms with E-state index in [4.69, 9.17) is 25.5 Å². The zero-order valence-electron chi connectivity index (χ0n) is 17.9. The van der Waals surface area contributed by atoms with Crippen molar-refractivity contribution in [2.45, 2.75) is 25.8 Å². The molecular weight excluding hydrogens is 434 g/mol. The van der Waals surface area contributed by atoms with Crippen molar-refractivity contribution in [3.8, 4) is 11.5 Å². The van der Waals surface area contributed by atoms with Crippen LogP contribution in [0.25, 0.3) is 11.0 Å². The number of carbonyl (C=O) groups is 1. The molecule has 1 aliphatic rings. The Bertz CT molecular complexity index is 1220. The van der Waals surface area contributed by atoms with Gasteiger partial charge in [-0.05, 0) is 48.7 Å². The number of methoxy groups -OCH3 is 1. The third kappa shape index (κ3) is 3.82. The number of hydrogen-bond acceptors (Lipinski definition) is 6. The minimum Gasteiger partial charge on any atom is -0.493 e. The third-order valence-electron chi connectivity index (χ3n) is 5.45. The van der Waals surface area contributed by atoms with Gasteiger partial charge in [-0.25, -0.2) is 0 Å². The Morgan fingerprint density at radius 3 is 2.69 bits per heavy atom. The highest BCUT2D eigenvalue weighted by molar-refractivity contribution is 6.31. The van der Waals surface area contributed by atoms with Crippen LogP contribution < -0.4 is 14.9 Å². The van der Waals surface area contributed by atoms with Gasteiger partial charge in [0.05, 0.1) is 30.7 Å². The zero-order valence-corrected chi connectivity index (χ0v) is 18.6. The van der Waals surface area contributed by atoms with Crippen molar-refractivity contribution in [2.24, 2.45) is 0 Å². The van der Waals surface area contributed by atoms with Crippen LogP contribution in [0.3, 0.4) is 0 Å². The van der Waals surface area contributed by atoms with E-state index in [1.807, 2.05) is 13.0 Å². The van der Waals surface area contributed by atoms with Gasteiger partial charge in [-0.2, -0.15) is 0 Å². The van der Waals surface area contributed by atoms with Crippen molar-refractivity contribution >= 4 is 28.5 Å². The standard InChI is InChI=1S/C24H24ClNO6/c1-3-11-31-18-7-5-14(12-19(18)30-2)21-20-22(28)16-13-15(25)6-8-17(16)32-23(20)24(29)26(21)9-4-10-27/h5-8,12-13,21,27H,3-4,9-11H2,1-2H3. The fourth-order valence-corrected chi connectivity index (χ4v) is 4.17. The Balaban J connectivity index is 1.90. The average molecular weight is 458 g/mol. The van der Waals surface area contributed by atoms with Gasteiger partial charge in [-0.3, -0.25) is 9.59 Å². The number of fused-ring (bicyclic) bond motifs is 2. The Kier molecular flexibility index (Phi) is 6.39. The summed E-state index contributed by atoms with van der Waals surface area (Å²) in [5.41, 5.74) is 0.936. The molecule has 2 aromatic carbocycles. The number of nitrogens with zero attached hydrogens (tertiary/aromatic N) is 1. The molecule has 0 spiro atoms. The molecule has 1 aromatic heterocycles. The molecule has 0 fully saturated rings. The van der Waals surface area contributed by atoms with Crippen LogP contribution in [0, 0.1) is 0 Å². The topological polar surface area (TPSA) is 89.2 Å². The minimum absolute atomic E-state index is 0.0121. The summed E-state index contributed by atoms with van der Waals surface area (Å²) >= 11 is 6.10. The highest BCUT2D eigenvalue weighted by atomic mass is 35.5. The van der Waals surface area contributed by atoms with Crippen molar-refractivity contribution < 1.29 is 23.8 Å². The van der Waals surface area contributed by atoms with Crippen molar-refractivity contribution in [1.29, 1.82) is 0 Å². The molecule has 4 rings (SSSR count). The van der Waals surface area contributed by atoms with Gasteiger partial charge < -0.3 is 23.9 Å². The lowest BCUT2D eigenvalue weighted by molar-refractivity contribution is 0.0716. The van der Waals surface area contributed by atoms with E-state index in [-0.39, 0.29) is 29.9 Å². The highest BCUT2D eigenvalue weighted by Crippen LogP contribution is 2.41. The molecule has 1 unspecified atom stereocenters. The first kappa shape index (κ1) is 22.2. The molecule has 0 bridgehead atoms. The van der Waals surface area contributed by atoms with E-state index in [0.29, 0.717) is 46.1 Å². The van der Waals surface area contributed by atoms with Crippen molar-refractivity contribution in [3.05, 3.63) is 68.5 Å². The minimum atomic E-state index is -0.683. The maximum Gasteiger partial charge on any atom is 0.290 e. The molecule has 1 atom stereocenters. The zero-order chi connectivity index (χ0) is 22.8. The Labute approximate surface area is 190 Å². The molecule has 1 amide bonds. The summed E-state index contributed by atoms with van der Waals surface area (Å²) < 4.78 is 17.1. The monoisotopic (exact) mass is 457 g/mol. The summed E-state index contributed by atoms with van der Waals surface area (Å²) in [7, 11) is 1.54. The molecule has 2 heterocycles. The van der Waals surface area contributed by atoms with Crippen molar-refractivity contribution in [1.82, 2.24) is 4.90 Å². The lowest BCUT2D eigenvalue weighted by Crippen LogP contribution is -2.31. The van der Waals surface area contributed by atoms with Gasteiger partial charge in [0.25, 0.3) is 5.91 Å². The molecule has 1 N–H and O–H groups in total. The van der Waals surface area contributed by atoms with E-state index in [2.05, 4.69) is 0 Å². The fourth-order valence-electron chi connectivity index (χ4n) is 4.00. The fraction of sp³-hybridized carbons (Fsp3) is 0.333. The first-order valence-electron chi connectivity index (χ1n) is 10.5. The van der Waals surface area contributed by atoms with Gasteiger partial charge in [-0.15, -0.1) is 0 Å². The Morgan fingerprint density at radius 2 is 1.97 bits per heavy atom. The van der Waals surface area contributed by atoms with Crippen LogP contribution in [0.15, 0.2) is 45.6 Å². The van der Waals surface area contributed by atoms with Crippen molar-refractivity contribution in [3.63, 3.8) is 0 Å². The van der Waals surface area contributed by atoms with Gasteiger partial charge in [0, 0.05) is 18.2 Å². The quantitative estimate of drug-likeness (QED) is 0.546. The van der Waals surface area contributed by atoms with Gasteiger partial charge >= 0.3 is 0 Å². The second kappa shape index (κ2) is 9.22. The lowest BCUT2D eigenvalue weighted by Gasteiger charge is -2.25. The lowest BCUT2D eigenvalue weighted by atomic mass is 9.98. The first-order valence-corrected chi connectivity index (χ1v) is 10.9. The Morgan fingerprint density at radius 1 is 1.16 bits per heavy atom. The van der Waals surface area contributed by atoms with Gasteiger partial charge in [0.2, 0.25) is 5.76 Å². The van der Waals surface area contributed by atoms with E-state index in [0.717, 1.165) is 6.42 Å². The highest BCUT2D eigenvalue weighted by Gasteiger charge is 2.42. The number of aliphatic hydroxyl groups is 1. The molecule has 0 aliphatic carbocycles. The molecule has 0 saturated heterocycles. The largest absolute Gasteiger partial charge is 0.493 e. The number of hydrogen-bond donors (Lipinski definition) is 1. The molecule has 32 heavy (non-hydrogen) atoms. The average Bonchev–Trinajstić information content (AvgIpc) is 3.08. The van der Waals surface area contributed by atoms with Gasteiger partial charge in [-0.1, -0.05) is 24.6 Å². The molecule has 7 nitrogen and oxygen atoms in total. The van der Waals surface area contributed by atoms with E-state index in [9.17, 15) is 14.7 Å². The van der Waals surface area contributed by atoms with Crippen molar-refractivity contribution in [2.75, 3.05) is 26.9 Å². The molecule has 8 heteroatoms. The van der Waals surface area contributed by atoms with Crippen LogP contribution in [0.5, 0.6) is 11.5 Å². The summed E-state index contributed by atoms with van der Waals surface area (Å²) in [6.07, 6.45) is 1.21. The van der Waals surface area contributed by atoms with Crippen LogP contribution in [0.4, 0.5) is 0 Å². The maximum atomic E-state index is 13.5. The summed E-state index contributed by atoms with van der Waals surface area (Å²) in [5.74, 6) is 0.713. The van der Waals surface area contributed by atoms with Crippen LogP contribution in [0.1, 0.15) is 47.5 Å². The summed E-state index contributed by atoms with van der Waals surface area (Å²) in [5, 5.41) is 10.1. The number of aliphatic hydroxyl groups excluding tert-OH is 1. The van der Waals surface area contributed by atoms with Crippen LogP contribution in [0.2, 0.25) is 5.02 Å². The maximum absolute atomic E-state index is 13.5. The van der Waals surface area contributed by atoms with Crippen LogP contribution in [-0.4, -0.2) is 42.8 Å². The number of ether oxygens (including phenoxy) is 2. The number of amides is 1. The van der Waals surface area contributed by atoms with E-state index in [1.165, 1.54) is 0 Å². The molecule has 3 aromatic rings. The number of halogens is 1. The van der Waals surface area contributed by atoms with E-state index >= 15 is 0 Å². The second-order valence-corrected chi connectivity index (χ2v) is 7.99. The van der Waals surface area contributed by atoms with E-state index < -0.39 is 11.9 Å². The first-order chi connectivity index (χ1) is 15.5. The normalized spacial score (nSPS) is 15.3. The number of carbonyl (C=O) groups excluding carboxylic acids is 1. The SMILES string of the molecule is CCCOc1ccc(C2c3c(oc4ccc(Cl)cc4c3=O)C(=O)N2CCCO)cc1OC. The summed E-state index contributed by atoms with van der Waals surface area (Å²) in [6, 6.07) is 9.41. The van der Waals surface area contributed by atoms with Gasteiger partial charge in [0.15, 0.2) is 16.9 Å². The molecular formula is C24H24ClNO6. The summed E-state index contributed by atoms with van der Waals surface area (Å²) in [4.78, 5) is 28.3. The molecule has 0 saturated carbocycles. The predicted octanol–water partition coefficient (Wildman–Crippen LogP) is 4.17. The molecule has 1 aliphatic heterocycles. The third-order valence-corrected chi connectivity index (χ3v) is 5.69. The van der Waals surface area contributed by atoms with E-state index in [1.54, 1.807) is 42.3 Å². The van der Waals surface area contributed by atoms with Crippen LogP contribution in [-0.2, 0) is 0 Å². The number of benzene rings is 2. The second-order valence-electron chi connectivity index (χ2n) is 7.55. The summed E-state index contributed by atoms with van der Waals surface area (Å²) in [6.45, 7) is 2.73. The van der Waals surface area contributed by atoms with Crippen LogP contribution >= 0.6 is 11.6 Å². The Hall–Kier alpha value is -3.03.